The van der Waals surface area contributed by atoms with Crippen LogP contribution >= 0.6 is 0 Å². The number of carbonyl (C=O) groups is 1. The quantitative estimate of drug-likeness (QED) is 0.361. The Morgan fingerprint density at radius 2 is 1.83 bits per heavy atom. The minimum Gasteiger partial charge on any atom is -0.451 e. The van der Waals surface area contributed by atoms with Crippen LogP contribution in [0.5, 0.6) is 11.5 Å². The number of aromatic amines is 2. The number of rotatable bonds is 6. The van der Waals surface area contributed by atoms with Crippen LogP contribution in [-0.4, -0.2) is 88.1 Å². The Hall–Kier alpha value is -4.29. The predicted octanol–water partition coefficient (Wildman–Crippen LogP) is 3.15. The normalized spacial score (nSPS) is 21.1. The maximum Gasteiger partial charge on any atom is 0.323 e. The number of hydrogen-bond acceptors (Lipinski definition) is 8. The monoisotopic (exact) mass is 573 g/mol. The summed E-state index contributed by atoms with van der Waals surface area (Å²) < 4.78 is 25.9. The Balaban J connectivity index is 1.06. The van der Waals surface area contributed by atoms with Gasteiger partial charge in [-0.05, 0) is 55.3 Å². The molecule has 42 heavy (non-hydrogen) atoms. The molecular formula is C30H32FN7O4. The van der Waals surface area contributed by atoms with Crippen molar-refractivity contribution < 1.29 is 18.7 Å². The molecule has 0 saturated carbocycles. The van der Waals surface area contributed by atoms with Gasteiger partial charge >= 0.3 is 5.69 Å². The van der Waals surface area contributed by atoms with Crippen LogP contribution in [0.25, 0.3) is 11.0 Å². The molecule has 4 aromatic rings. The molecule has 1 unspecified atom stereocenters. The van der Waals surface area contributed by atoms with Crippen LogP contribution in [0.3, 0.4) is 0 Å². The van der Waals surface area contributed by atoms with Crippen molar-refractivity contribution in [1.82, 2.24) is 29.7 Å². The number of fused-ring (bicyclic) bond motifs is 1. The van der Waals surface area contributed by atoms with E-state index in [1.807, 2.05) is 12.1 Å². The molecule has 1 atom stereocenters. The molecule has 0 bridgehead atoms. The average molecular weight is 574 g/mol. The fourth-order valence-electron chi connectivity index (χ4n) is 6.48. The van der Waals surface area contributed by atoms with E-state index in [-0.39, 0.29) is 28.3 Å². The smallest absolute Gasteiger partial charge is 0.323 e. The van der Waals surface area contributed by atoms with Crippen LogP contribution < -0.4 is 15.3 Å². The molecule has 1 spiro atoms. The van der Waals surface area contributed by atoms with Crippen molar-refractivity contribution in [2.45, 2.75) is 19.4 Å². The van der Waals surface area contributed by atoms with E-state index in [1.54, 1.807) is 11.1 Å². The number of aromatic nitrogens is 4. The highest BCUT2D eigenvalue weighted by Gasteiger charge is 2.44. The second kappa shape index (κ2) is 10.8. The van der Waals surface area contributed by atoms with Gasteiger partial charge in [-0.2, -0.15) is 0 Å². The summed E-state index contributed by atoms with van der Waals surface area (Å²) in [5.74, 6) is 0.569. The summed E-state index contributed by atoms with van der Waals surface area (Å²) in [6, 6.07) is 10.1. The first-order valence-corrected chi connectivity index (χ1v) is 14.3. The van der Waals surface area contributed by atoms with E-state index >= 15 is 0 Å². The number of ether oxygens (including phenoxy) is 2. The van der Waals surface area contributed by atoms with Crippen molar-refractivity contribution in [1.29, 1.82) is 0 Å². The van der Waals surface area contributed by atoms with Crippen molar-refractivity contribution in [2.75, 3.05) is 57.4 Å². The molecule has 0 aliphatic carbocycles. The van der Waals surface area contributed by atoms with Crippen molar-refractivity contribution in [3.05, 3.63) is 76.4 Å². The van der Waals surface area contributed by atoms with Gasteiger partial charge in [-0.15, -0.1) is 0 Å². The minimum absolute atomic E-state index is 0.127. The molecule has 2 aromatic heterocycles. The third kappa shape index (κ3) is 5.23. The Labute approximate surface area is 241 Å². The van der Waals surface area contributed by atoms with Gasteiger partial charge in [-0.1, -0.05) is 6.07 Å². The third-order valence-corrected chi connectivity index (χ3v) is 8.59. The highest BCUT2D eigenvalue weighted by atomic mass is 19.1. The van der Waals surface area contributed by atoms with E-state index in [2.05, 4.69) is 35.8 Å². The van der Waals surface area contributed by atoms with Gasteiger partial charge in [0.2, 0.25) is 0 Å². The first-order chi connectivity index (χ1) is 20.4. The molecule has 2 N–H and O–H groups in total. The summed E-state index contributed by atoms with van der Waals surface area (Å²) in [6.45, 7) is 6.20. The SMILES string of the molecule is O=C(c1cc(F)ccc1Oc1cncnc1N1CCC2(CCN(Cc3ccc4[nH]c(=O)[nH]c4c3)C2)C1)N1CCOCC1. The largest absolute Gasteiger partial charge is 0.451 e. The molecule has 0 radical (unpaired) electrons. The summed E-state index contributed by atoms with van der Waals surface area (Å²) in [6.07, 6.45) is 5.20. The van der Waals surface area contributed by atoms with E-state index < -0.39 is 5.82 Å². The second-order valence-electron chi connectivity index (χ2n) is 11.4. The molecule has 3 saturated heterocycles. The Kier molecular flexibility index (Phi) is 6.87. The summed E-state index contributed by atoms with van der Waals surface area (Å²) in [7, 11) is 0. The molecule has 2 aromatic carbocycles. The molecular weight excluding hydrogens is 541 g/mol. The standard InChI is InChI=1S/C30H32FN7O4/c31-21-2-4-25(22(14-21)28(39)37-9-11-41-12-10-37)42-26-15-32-19-33-27(26)38-8-6-30(18-38)5-7-36(17-30)16-20-1-3-23-24(13-20)35-29(40)34-23/h1-4,13-15,19H,5-12,16-18H2,(H2,34,35,40). The summed E-state index contributed by atoms with van der Waals surface area (Å²) in [5, 5.41) is 0. The van der Waals surface area contributed by atoms with Gasteiger partial charge < -0.3 is 29.2 Å². The van der Waals surface area contributed by atoms with Gasteiger partial charge in [0.15, 0.2) is 11.6 Å². The third-order valence-electron chi connectivity index (χ3n) is 8.59. The van der Waals surface area contributed by atoms with Crippen molar-refractivity contribution in [3.63, 3.8) is 0 Å². The number of morpholine rings is 1. The highest BCUT2D eigenvalue weighted by Crippen LogP contribution is 2.43. The van der Waals surface area contributed by atoms with Gasteiger partial charge in [-0.3, -0.25) is 9.69 Å². The zero-order valence-corrected chi connectivity index (χ0v) is 23.1. The average Bonchev–Trinajstić information content (AvgIpc) is 3.71. The van der Waals surface area contributed by atoms with Crippen LogP contribution in [0, 0.1) is 11.2 Å². The van der Waals surface area contributed by atoms with Crippen molar-refractivity contribution in [3.8, 4) is 11.5 Å². The number of amides is 1. The van der Waals surface area contributed by atoms with Crippen molar-refractivity contribution in [2.24, 2.45) is 5.41 Å². The number of halogens is 1. The minimum atomic E-state index is -0.503. The van der Waals surface area contributed by atoms with Crippen LogP contribution in [0.4, 0.5) is 10.2 Å². The Bertz CT molecular complexity index is 1680. The van der Waals surface area contributed by atoms with Crippen LogP contribution in [0.2, 0.25) is 0 Å². The van der Waals surface area contributed by atoms with Crippen LogP contribution in [-0.2, 0) is 11.3 Å². The summed E-state index contributed by atoms with van der Waals surface area (Å²) in [4.78, 5) is 45.6. The maximum absolute atomic E-state index is 14.2. The zero-order chi connectivity index (χ0) is 28.7. The number of nitrogens with one attached hydrogen (secondary N) is 2. The number of carbonyl (C=O) groups excluding carboxylic acids is 1. The summed E-state index contributed by atoms with van der Waals surface area (Å²) >= 11 is 0. The fourth-order valence-corrected chi connectivity index (χ4v) is 6.48. The van der Waals surface area contributed by atoms with E-state index in [4.69, 9.17) is 9.47 Å². The molecule has 1 amide bonds. The zero-order valence-electron chi connectivity index (χ0n) is 23.1. The van der Waals surface area contributed by atoms with Crippen LogP contribution in [0.1, 0.15) is 28.8 Å². The lowest BCUT2D eigenvalue weighted by molar-refractivity contribution is 0.0301. The van der Waals surface area contributed by atoms with Crippen molar-refractivity contribution >= 4 is 22.8 Å². The number of imidazole rings is 1. The molecule has 7 rings (SSSR count). The molecule has 5 heterocycles. The topological polar surface area (TPSA) is 120 Å². The van der Waals surface area contributed by atoms with E-state index in [1.165, 1.54) is 24.5 Å². The lowest BCUT2D eigenvalue weighted by Crippen LogP contribution is -2.40. The Morgan fingerprint density at radius 3 is 2.71 bits per heavy atom. The highest BCUT2D eigenvalue weighted by molar-refractivity contribution is 5.97. The Morgan fingerprint density at radius 1 is 1.00 bits per heavy atom. The van der Waals surface area contributed by atoms with Gasteiger partial charge in [0, 0.05) is 44.7 Å². The number of hydrogen-bond donors (Lipinski definition) is 2. The number of anilines is 1. The lowest BCUT2D eigenvalue weighted by atomic mass is 9.86. The summed E-state index contributed by atoms with van der Waals surface area (Å²) in [5.41, 5.74) is 2.90. The first-order valence-electron chi connectivity index (χ1n) is 14.3. The van der Waals surface area contributed by atoms with E-state index in [0.717, 1.165) is 62.2 Å². The molecule has 3 aliphatic rings. The molecule has 218 valence electrons. The maximum atomic E-state index is 14.2. The second-order valence-corrected chi connectivity index (χ2v) is 11.4. The van der Waals surface area contributed by atoms with Crippen LogP contribution in [0.15, 0.2) is 53.7 Å². The number of likely N-dealkylation sites (tertiary alicyclic amines) is 1. The van der Waals surface area contributed by atoms with E-state index in [9.17, 15) is 14.0 Å². The number of H-pyrrole nitrogens is 2. The fraction of sp³-hybridized carbons (Fsp3) is 0.400. The molecule has 3 aliphatic heterocycles. The number of nitrogens with zero attached hydrogens (tertiary/aromatic N) is 5. The van der Waals surface area contributed by atoms with Gasteiger partial charge in [0.05, 0.1) is 36.0 Å². The van der Waals surface area contributed by atoms with Gasteiger partial charge in [0.1, 0.15) is 17.9 Å². The molecule has 12 heteroatoms. The molecule has 11 nitrogen and oxygen atoms in total. The first kappa shape index (κ1) is 26.6. The van der Waals surface area contributed by atoms with E-state index in [0.29, 0.717) is 37.9 Å². The lowest BCUT2D eigenvalue weighted by Gasteiger charge is -2.28. The predicted molar refractivity (Wildman–Crippen MR) is 153 cm³/mol. The van der Waals surface area contributed by atoms with Gasteiger partial charge in [0.25, 0.3) is 5.91 Å². The van der Waals surface area contributed by atoms with Gasteiger partial charge in [-0.25, -0.2) is 19.2 Å². The molecule has 3 fully saturated rings. The number of benzene rings is 2.